The van der Waals surface area contributed by atoms with Crippen molar-refractivity contribution in [2.75, 3.05) is 11.9 Å². The van der Waals surface area contributed by atoms with Gasteiger partial charge in [0.25, 0.3) is 0 Å². The molecule has 17 heavy (non-hydrogen) atoms. The molecule has 0 unspecified atom stereocenters. The summed E-state index contributed by atoms with van der Waals surface area (Å²) in [6, 6.07) is 7.99. The number of rotatable bonds is 4. The van der Waals surface area contributed by atoms with Gasteiger partial charge in [0.15, 0.2) is 0 Å². The third-order valence-corrected chi connectivity index (χ3v) is 4.08. The number of nitriles is 1. The van der Waals surface area contributed by atoms with Crippen LogP contribution in [0.25, 0.3) is 0 Å². The molecule has 0 heterocycles. The zero-order valence-electron chi connectivity index (χ0n) is 10.8. The fraction of sp³-hybridized carbons (Fsp3) is 0.500. The van der Waals surface area contributed by atoms with Crippen molar-refractivity contribution < 1.29 is 0 Å². The number of hydrogen-bond acceptors (Lipinski definition) is 2. The molecule has 0 saturated heterocycles. The first-order valence-electron chi connectivity index (χ1n) is 5.81. The minimum atomic E-state index is 0.203. The van der Waals surface area contributed by atoms with E-state index in [0.29, 0.717) is 11.5 Å². The smallest absolute Gasteiger partial charge is 0.103 e. The molecule has 1 aromatic rings. The van der Waals surface area contributed by atoms with E-state index in [9.17, 15) is 0 Å². The molecule has 0 aromatic heterocycles. The Morgan fingerprint density at radius 2 is 2.06 bits per heavy atom. The number of benzene rings is 1. The summed E-state index contributed by atoms with van der Waals surface area (Å²) in [4.78, 5) is 0. The van der Waals surface area contributed by atoms with Gasteiger partial charge in [0, 0.05) is 11.0 Å². The number of nitrogens with one attached hydrogen (secondary N) is 1. The molecule has 0 radical (unpaired) electrons. The normalized spacial score (nSPS) is 11.4. The van der Waals surface area contributed by atoms with E-state index in [1.165, 1.54) is 0 Å². The first kappa shape index (κ1) is 14.1. The van der Waals surface area contributed by atoms with E-state index in [1.807, 2.05) is 18.2 Å². The van der Waals surface area contributed by atoms with Crippen molar-refractivity contribution in [3.8, 4) is 6.07 Å². The largest absolute Gasteiger partial charge is 0.383 e. The molecule has 0 spiro atoms. The van der Waals surface area contributed by atoms with Gasteiger partial charge in [0.2, 0.25) is 0 Å². The second-order valence-corrected chi connectivity index (χ2v) is 6.13. The summed E-state index contributed by atoms with van der Waals surface area (Å²) < 4.78 is 0.840. The van der Waals surface area contributed by atoms with Gasteiger partial charge in [0.05, 0.1) is 11.3 Å². The Labute approximate surface area is 112 Å². The Morgan fingerprint density at radius 3 is 2.59 bits per heavy atom. The number of halogens is 1. The molecule has 3 heteroatoms. The van der Waals surface area contributed by atoms with Crippen LogP contribution >= 0.6 is 15.9 Å². The van der Waals surface area contributed by atoms with Crippen molar-refractivity contribution in [1.29, 1.82) is 5.26 Å². The zero-order valence-corrected chi connectivity index (χ0v) is 12.4. The van der Waals surface area contributed by atoms with Crippen molar-refractivity contribution in [1.82, 2.24) is 0 Å². The van der Waals surface area contributed by atoms with Gasteiger partial charge in [0.1, 0.15) is 6.07 Å². The molecular weight excluding hydrogens is 276 g/mol. The first-order valence-corrected chi connectivity index (χ1v) is 6.60. The van der Waals surface area contributed by atoms with Crippen molar-refractivity contribution in [3.05, 3.63) is 28.2 Å². The highest BCUT2D eigenvalue weighted by Crippen LogP contribution is 2.29. The molecule has 0 bridgehead atoms. The van der Waals surface area contributed by atoms with Crippen LogP contribution in [0.1, 0.15) is 33.3 Å². The van der Waals surface area contributed by atoms with Gasteiger partial charge in [-0.05, 0) is 39.4 Å². The summed E-state index contributed by atoms with van der Waals surface area (Å²) in [7, 11) is 0. The Bertz CT molecular complexity index is 430. The number of hydrogen-bond donors (Lipinski definition) is 1. The van der Waals surface area contributed by atoms with Crippen LogP contribution in [0.3, 0.4) is 0 Å². The highest BCUT2D eigenvalue weighted by atomic mass is 79.9. The van der Waals surface area contributed by atoms with Crippen LogP contribution in [0.5, 0.6) is 0 Å². The Balaban J connectivity index is 2.84. The van der Waals surface area contributed by atoms with Crippen molar-refractivity contribution in [3.63, 3.8) is 0 Å². The minimum absolute atomic E-state index is 0.203. The van der Waals surface area contributed by atoms with Gasteiger partial charge >= 0.3 is 0 Å². The number of anilines is 1. The molecule has 0 atom stereocenters. The second-order valence-electron chi connectivity index (χ2n) is 5.27. The maximum absolute atomic E-state index is 9.12. The zero-order chi connectivity index (χ0) is 13.1. The van der Waals surface area contributed by atoms with Gasteiger partial charge in [-0.1, -0.05) is 33.8 Å². The molecule has 0 amide bonds. The fourth-order valence-corrected chi connectivity index (χ4v) is 1.77. The summed E-state index contributed by atoms with van der Waals surface area (Å²) >= 11 is 3.39. The lowest BCUT2D eigenvalue weighted by Gasteiger charge is -2.30. The molecule has 1 aromatic carbocycles. The van der Waals surface area contributed by atoms with Crippen molar-refractivity contribution >= 4 is 21.6 Å². The molecule has 1 N–H and O–H groups in total. The third kappa shape index (κ3) is 3.47. The average molecular weight is 295 g/mol. The predicted octanol–water partition coefficient (Wildman–Crippen LogP) is 4.41. The molecule has 1 rings (SSSR count). The van der Waals surface area contributed by atoms with E-state index >= 15 is 0 Å². The summed E-state index contributed by atoms with van der Waals surface area (Å²) in [5.74, 6) is 0.590. The van der Waals surface area contributed by atoms with E-state index < -0.39 is 0 Å². The topological polar surface area (TPSA) is 35.8 Å². The standard InChI is InChI=1S/C14H19BrN2/c1-10(2)14(3,4)9-17-13-7-5-6-12(15)11(13)8-16/h5-7,10,17H,9H2,1-4H3. The Kier molecular flexibility index (Phi) is 4.59. The van der Waals surface area contributed by atoms with Crippen molar-refractivity contribution in [2.24, 2.45) is 11.3 Å². The molecule has 0 fully saturated rings. The highest BCUT2D eigenvalue weighted by molar-refractivity contribution is 9.10. The Morgan fingerprint density at radius 1 is 1.41 bits per heavy atom. The Hall–Kier alpha value is -1.01. The van der Waals surface area contributed by atoms with E-state index in [2.05, 4.69) is 55.0 Å². The quantitative estimate of drug-likeness (QED) is 0.892. The third-order valence-electron chi connectivity index (χ3n) is 3.42. The van der Waals surface area contributed by atoms with Gasteiger partial charge in [-0.3, -0.25) is 0 Å². The van der Waals surface area contributed by atoms with Crippen LogP contribution in [0.2, 0.25) is 0 Å². The molecular formula is C14H19BrN2. The monoisotopic (exact) mass is 294 g/mol. The van der Waals surface area contributed by atoms with Gasteiger partial charge in [-0.25, -0.2) is 0 Å². The van der Waals surface area contributed by atoms with Crippen LogP contribution < -0.4 is 5.32 Å². The lowest BCUT2D eigenvalue weighted by atomic mass is 9.81. The average Bonchev–Trinajstić information content (AvgIpc) is 2.26. The summed E-state index contributed by atoms with van der Waals surface area (Å²) in [5.41, 5.74) is 1.78. The molecule has 0 aliphatic heterocycles. The van der Waals surface area contributed by atoms with Crippen LogP contribution in [0.4, 0.5) is 5.69 Å². The maximum atomic E-state index is 9.12. The number of nitrogens with zero attached hydrogens (tertiary/aromatic N) is 1. The summed E-state index contributed by atoms with van der Waals surface area (Å²) in [5, 5.41) is 12.5. The van der Waals surface area contributed by atoms with Crippen LogP contribution in [-0.2, 0) is 0 Å². The SMILES string of the molecule is CC(C)C(C)(C)CNc1cccc(Br)c1C#N. The lowest BCUT2D eigenvalue weighted by Crippen LogP contribution is -2.28. The lowest BCUT2D eigenvalue weighted by molar-refractivity contribution is 0.269. The fourth-order valence-electron chi connectivity index (χ4n) is 1.31. The minimum Gasteiger partial charge on any atom is -0.383 e. The van der Waals surface area contributed by atoms with Gasteiger partial charge in [-0.15, -0.1) is 0 Å². The van der Waals surface area contributed by atoms with E-state index in [-0.39, 0.29) is 5.41 Å². The van der Waals surface area contributed by atoms with Crippen molar-refractivity contribution in [2.45, 2.75) is 27.7 Å². The van der Waals surface area contributed by atoms with Gasteiger partial charge in [-0.2, -0.15) is 5.26 Å². The molecule has 92 valence electrons. The second kappa shape index (κ2) is 5.55. The molecule has 2 nitrogen and oxygen atoms in total. The maximum Gasteiger partial charge on any atom is 0.103 e. The predicted molar refractivity (Wildman–Crippen MR) is 76.0 cm³/mol. The highest BCUT2D eigenvalue weighted by Gasteiger charge is 2.22. The molecule has 0 saturated carbocycles. The summed E-state index contributed by atoms with van der Waals surface area (Å²) in [6.07, 6.45) is 0. The first-order chi connectivity index (χ1) is 7.88. The van der Waals surface area contributed by atoms with Crippen LogP contribution in [0.15, 0.2) is 22.7 Å². The van der Waals surface area contributed by atoms with Gasteiger partial charge < -0.3 is 5.32 Å². The molecule has 0 aliphatic carbocycles. The molecule has 0 aliphatic rings. The van der Waals surface area contributed by atoms with Crippen LogP contribution in [0, 0.1) is 22.7 Å². The van der Waals surface area contributed by atoms with E-state index in [1.54, 1.807) is 0 Å². The summed E-state index contributed by atoms with van der Waals surface area (Å²) in [6.45, 7) is 9.75. The van der Waals surface area contributed by atoms with Crippen LogP contribution in [-0.4, -0.2) is 6.54 Å². The van der Waals surface area contributed by atoms with E-state index in [0.717, 1.165) is 16.7 Å². The van der Waals surface area contributed by atoms with E-state index in [4.69, 9.17) is 5.26 Å².